The van der Waals surface area contributed by atoms with E-state index in [1.54, 1.807) is 0 Å². The van der Waals surface area contributed by atoms with Crippen LogP contribution in [0.1, 0.15) is 46.5 Å². The van der Waals surface area contributed by atoms with Gasteiger partial charge in [0, 0.05) is 5.69 Å². The molecule has 1 aromatic rings. The highest BCUT2D eigenvalue weighted by Crippen LogP contribution is 2.42. The second-order valence-electron chi connectivity index (χ2n) is 6.46. The van der Waals surface area contributed by atoms with Gasteiger partial charge in [-0.3, -0.25) is 0 Å². The third-order valence-corrected chi connectivity index (χ3v) is 4.28. The van der Waals surface area contributed by atoms with Crippen molar-refractivity contribution in [2.24, 2.45) is 5.41 Å². The monoisotopic (exact) mass is 275 g/mol. The Labute approximate surface area is 121 Å². The number of nitrogens with one attached hydrogen (secondary N) is 1. The lowest BCUT2D eigenvalue weighted by molar-refractivity contribution is -0.150. The quantitative estimate of drug-likeness (QED) is 0.844. The Bertz CT molecular complexity index is 443. The van der Waals surface area contributed by atoms with Gasteiger partial charge in [0.2, 0.25) is 0 Å². The summed E-state index contributed by atoms with van der Waals surface area (Å²) in [4.78, 5) is 12.5. The van der Waals surface area contributed by atoms with Gasteiger partial charge in [-0.15, -0.1) is 0 Å². The van der Waals surface area contributed by atoms with Crippen molar-refractivity contribution in [2.45, 2.75) is 52.0 Å². The van der Waals surface area contributed by atoms with Gasteiger partial charge in [-0.2, -0.15) is 0 Å². The smallest absolute Gasteiger partial charge is 0.331 e. The summed E-state index contributed by atoms with van der Waals surface area (Å²) in [5.41, 5.74) is 0.738. The van der Waals surface area contributed by atoms with Gasteiger partial charge in [0.15, 0.2) is 0 Å². The molecule has 0 heterocycles. The molecule has 0 spiro atoms. The molecule has 110 valence electrons. The highest BCUT2D eigenvalue weighted by atomic mass is 16.5. The maximum absolute atomic E-state index is 12.5. The first-order valence-corrected chi connectivity index (χ1v) is 7.48. The van der Waals surface area contributed by atoms with Crippen LogP contribution in [0.15, 0.2) is 30.3 Å². The van der Waals surface area contributed by atoms with Gasteiger partial charge < -0.3 is 10.1 Å². The van der Waals surface area contributed by atoms with Gasteiger partial charge in [-0.25, -0.2) is 4.79 Å². The number of anilines is 1. The van der Waals surface area contributed by atoms with E-state index in [2.05, 4.69) is 19.2 Å². The fourth-order valence-electron chi connectivity index (χ4n) is 2.80. The summed E-state index contributed by atoms with van der Waals surface area (Å²) in [7, 11) is 0. The van der Waals surface area contributed by atoms with Crippen molar-refractivity contribution < 1.29 is 9.53 Å². The van der Waals surface area contributed by atoms with Gasteiger partial charge >= 0.3 is 5.97 Å². The molecule has 1 aliphatic rings. The van der Waals surface area contributed by atoms with Gasteiger partial charge in [0.1, 0.15) is 5.54 Å². The first-order valence-electron chi connectivity index (χ1n) is 7.48. The predicted molar refractivity (Wildman–Crippen MR) is 81.7 cm³/mol. The number of hydrogen-bond donors (Lipinski definition) is 1. The largest absolute Gasteiger partial charge is 0.464 e. The minimum absolute atomic E-state index is 0.112. The van der Waals surface area contributed by atoms with Crippen LogP contribution in [0.5, 0.6) is 0 Å². The van der Waals surface area contributed by atoms with Crippen LogP contribution >= 0.6 is 0 Å². The zero-order valence-electron chi connectivity index (χ0n) is 12.7. The summed E-state index contributed by atoms with van der Waals surface area (Å²) in [5, 5.41) is 3.44. The van der Waals surface area contributed by atoms with Crippen LogP contribution < -0.4 is 5.32 Å². The molecule has 0 unspecified atom stereocenters. The number of hydrogen-bond acceptors (Lipinski definition) is 3. The summed E-state index contributed by atoms with van der Waals surface area (Å²) in [5.74, 6) is -0.112. The SMILES string of the molecule is CCOC(=O)C1(Nc2ccccc2)CCC(C)(C)CC1. The number of benzene rings is 1. The maximum atomic E-state index is 12.5. The minimum Gasteiger partial charge on any atom is -0.464 e. The lowest BCUT2D eigenvalue weighted by Crippen LogP contribution is -2.51. The summed E-state index contributed by atoms with van der Waals surface area (Å²) in [6.07, 6.45) is 3.72. The first kappa shape index (κ1) is 14.9. The molecular weight excluding hydrogens is 250 g/mol. The van der Waals surface area contributed by atoms with Crippen molar-refractivity contribution in [3.8, 4) is 0 Å². The number of rotatable bonds is 4. The van der Waals surface area contributed by atoms with Crippen molar-refractivity contribution in [3.63, 3.8) is 0 Å². The molecule has 1 saturated carbocycles. The van der Waals surface area contributed by atoms with E-state index >= 15 is 0 Å². The fraction of sp³-hybridized carbons (Fsp3) is 0.588. The van der Waals surface area contributed by atoms with Crippen LogP contribution in [0.2, 0.25) is 0 Å². The van der Waals surface area contributed by atoms with Crippen molar-refractivity contribution in [3.05, 3.63) is 30.3 Å². The van der Waals surface area contributed by atoms with Crippen molar-refractivity contribution >= 4 is 11.7 Å². The third-order valence-electron chi connectivity index (χ3n) is 4.28. The molecule has 0 saturated heterocycles. The van der Waals surface area contributed by atoms with Crippen LogP contribution in [0.3, 0.4) is 0 Å². The Balaban J connectivity index is 2.19. The average Bonchev–Trinajstić information content (AvgIpc) is 2.43. The van der Waals surface area contributed by atoms with E-state index in [1.807, 2.05) is 37.3 Å². The molecule has 0 aromatic heterocycles. The Morgan fingerprint density at radius 1 is 1.15 bits per heavy atom. The molecule has 3 nitrogen and oxygen atoms in total. The molecule has 0 amide bonds. The van der Waals surface area contributed by atoms with Crippen LogP contribution in [-0.4, -0.2) is 18.1 Å². The standard InChI is InChI=1S/C17H25NO2/c1-4-20-15(19)17(12-10-16(2,3)11-13-17)18-14-8-6-5-7-9-14/h5-9,18H,4,10-13H2,1-3H3. The number of carbonyl (C=O) groups is 1. The lowest BCUT2D eigenvalue weighted by atomic mass is 9.69. The van der Waals surface area contributed by atoms with Gasteiger partial charge in [0.05, 0.1) is 6.61 Å². The molecule has 0 atom stereocenters. The first-order chi connectivity index (χ1) is 9.47. The number of ether oxygens (including phenoxy) is 1. The molecular formula is C17H25NO2. The summed E-state index contributed by atoms with van der Waals surface area (Å²) >= 11 is 0. The predicted octanol–water partition coefficient (Wildman–Crippen LogP) is 4.00. The molecule has 1 aliphatic carbocycles. The topological polar surface area (TPSA) is 38.3 Å². The lowest BCUT2D eigenvalue weighted by Gasteiger charge is -2.42. The number of carbonyl (C=O) groups excluding carboxylic acids is 1. The Morgan fingerprint density at radius 3 is 2.30 bits per heavy atom. The van der Waals surface area contributed by atoms with Crippen molar-refractivity contribution in [1.82, 2.24) is 0 Å². The highest BCUT2D eigenvalue weighted by molar-refractivity contribution is 5.84. The third kappa shape index (κ3) is 3.33. The van der Waals surface area contributed by atoms with E-state index in [9.17, 15) is 4.79 Å². The van der Waals surface area contributed by atoms with E-state index < -0.39 is 5.54 Å². The summed E-state index contributed by atoms with van der Waals surface area (Å²) < 4.78 is 5.32. The molecule has 1 aromatic carbocycles. The number of para-hydroxylation sites is 1. The molecule has 0 aliphatic heterocycles. The van der Waals surface area contributed by atoms with E-state index in [0.29, 0.717) is 12.0 Å². The van der Waals surface area contributed by atoms with Crippen LogP contribution in [-0.2, 0) is 9.53 Å². The molecule has 1 N–H and O–H groups in total. The Kier molecular flexibility index (Phi) is 4.36. The van der Waals surface area contributed by atoms with E-state index in [1.165, 1.54) is 0 Å². The van der Waals surface area contributed by atoms with Gasteiger partial charge in [-0.1, -0.05) is 32.0 Å². The Morgan fingerprint density at radius 2 is 1.75 bits per heavy atom. The second-order valence-corrected chi connectivity index (χ2v) is 6.46. The van der Waals surface area contributed by atoms with Gasteiger partial charge in [0.25, 0.3) is 0 Å². The fourth-order valence-corrected chi connectivity index (χ4v) is 2.80. The molecule has 0 bridgehead atoms. The normalized spacial score (nSPS) is 20.1. The summed E-state index contributed by atoms with van der Waals surface area (Å²) in [6.45, 7) is 6.83. The van der Waals surface area contributed by atoms with Crippen LogP contribution in [0, 0.1) is 5.41 Å². The molecule has 3 heteroatoms. The maximum Gasteiger partial charge on any atom is 0.331 e. The van der Waals surface area contributed by atoms with E-state index in [-0.39, 0.29) is 5.97 Å². The summed E-state index contributed by atoms with van der Waals surface area (Å²) in [6, 6.07) is 9.94. The second kappa shape index (κ2) is 5.86. The van der Waals surface area contributed by atoms with Crippen LogP contribution in [0.25, 0.3) is 0 Å². The minimum atomic E-state index is -0.563. The molecule has 1 fully saturated rings. The van der Waals surface area contributed by atoms with E-state index in [0.717, 1.165) is 31.4 Å². The molecule has 2 rings (SSSR count). The van der Waals surface area contributed by atoms with Gasteiger partial charge in [-0.05, 0) is 50.2 Å². The highest BCUT2D eigenvalue weighted by Gasteiger charge is 2.45. The Hall–Kier alpha value is -1.51. The van der Waals surface area contributed by atoms with Crippen molar-refractivity contribution in [1.29, 1.82) is 0 Å². The molecule has 0 radical (unpaired) electrons. The van der Waals surface area contributed by atoms with Crippen LogP contribution in [0.4, 0.5) is 5.69 Å². The average molecular weight is 275 g/mol. The molecule has 20 heavy (non-hydrogen) atoms. The zero-order chi connectivity index (χ0) is 14.6. The van der Waals surface area contributed by atoms with Crippen molar-refractivity contribution in [2.75, 3.05) is 11.9 Å². The zero-order valence-corrected chi connectivity index (χ0v) is 12.7. The number of esters is 1. The van der Waals surface area contributed by atoms with E-state index in [4.69, 9.17) is 4.74 Å².